The van der Waals surface area contributed by atoms with Gasteiger partial charge in [0.15, 0.2) is 18.2 Å². The van der Waals surface area contributed by atoms with Crippen LogP contribution in [0.1, 0.15) is 5.56 Å². The van der Waals surface area contributed by atoms with Crippen molar-refractivity contribution in [3.05, 3.63) is 42.2 Å². The molecule has 9 nitrogen and oxygen atoms in total. The highest BCUT2D eigenvalue weighted by atomic mass is 16.5. The molecule has 1 aromatic carbocycles. The number of benzene rings is 1. The van der Waals surface area contributed by atoms with Crippen LogP contribution in [-0.4, -0.2) is 41.1 Å². The Labute approximate surface area is 156 Å². The summed E-state index contributed by atoms with van der Waals surface area (Å²) in [6, 6.07) is 7.05. The highest BCUT2D eigenvalue weighted by Crippen LogP contribution is 2.33. The Bertz CT molecular complexity index is 924. The quantitative estimate of drug-likeness (QED) is 0.437. The Morgan fingerprint density at radius 2 is 2.15 bits per heavy atom. The van der Waals surface area contributed by atoms with Gasteiger partial charge in [0.1, 0.15) is 25.1 Å². The molecular formula is C18H22N7O2+. The summed E-state index contributed by atoms with van der Waals surface area (Å²) in [4.78, 5) is 4.43. The van der Waals surface area contributed by atoms with E-state index in [1.165, 1.54) is 6.21 Å². The van der Waals surface area contributed by atoms with Gasteiger partial charge >= 0.3 is 0 Å². The van der Waals surface area contributed by atoms with Crippen molar-refractivity contribution < 1.29 is 14.4 Å². The first-order chi connectivity index (χ1) is 13.0. The molecule has 0 radical (unpaired) electrons. The SMILES string of the molecule is C[n+]1cccc(CN2N=CC(=Nc3cc(OCCO)c(N)cc3N)C2=N)c1. The molecule has 3 rings (SSSR count). The maximum atomic E-state index is 8.90. The highest BCUT2D eigenvalue weighted by Gasteiger charge is 2.22. The number of ether oxygens (including phenoxy) is 1. The average Bonchev–Trinajstić information content (AvgIpc) is 2.96. The number of hydrazone groups is 1. The molecule has 0 spiro atoms. The minimum atomic E-state index is -0.128. The monoisotopic (exact) mass is 368 g/mol. The fourth-order valence-corrected chi connectivity index (χ4v) is 2.60. The number of pyridine rings is 1. The van der Waals surface area contributed by atoms with E-state index in [2.05, 4.69) is 10.1 Å². The number of nitrogens with one attached hydrogen (secondary N) is 1. The number of aliphatic hydroxyl groups excluding tert-OH is 1. The van der Waals surface area contributed by atoms with Crippen LogP contribution in [0.5, 0.6) is 5.75 Å². The minimum Gasteiger partial charge on any atom is -0.489 e. The topological polar surface area (TPSA) is 137 Å². The molecule has 0 aliphatic carbocycles. The van der Waals surface area contributed by atoms with Gasteiger partial charge in [0.2, 0.25) is 0 Å². The molecule has 2 aromatic rings. The van der Waals surface area contributed by atoms with E-state index in [-0.39, 0.29) is 19.0 Å². The summed E-state index contributed by atoms with van der Waals surface area (Å²) < 4.78 is 7.33. The number of amidine groups is 1. The van der Waals surface area contributed by atoms with Crippen LogP contribution in [0.2, 0.25) is 0 Å². The van der Waals surface area contributed by atoms with Crippen molar-refractivity contribution in [2.75, 3.05) is 24.7 Å². The van der Waals surface area contributed by atoms with Crippen LogP contribution in [0.4, 0.5) is 17.1 Å². The molecule has 0 saturated carbocycles. The van der Waals surface area contributed by atoms with E-state index in [9.17, 15) is 0 Å². The number of anilines is 2. The van der Waals surface area contributed by atoms with E-state index >= 15 is 0 Å². The van der Waals surface area contributed by atoms with E-state index < -0.39 is 0 Å². The number of hydrogen-bond acceptors (Lipinski definition) is 7. The molecule has 2 heterocycles. The third kappa shape index (κ3) is 4.21. The second-order valence-electron chi connectivity index (χ2n) is 6.05. The molecule has 6 N–H and O–H groups in total. The maximum Gasteiger partial charge on any atom is 0.173 e. The van der Waals surface area contributed by atoms with E-state index in [0.29, 0.717) is 35.1 Å². The van der Waals surface area contributed by atoms with Gasteiger partial charge in [-0.25, -0.2) is 14.6 Å². The zero-order valence-electron chi connectivity index (χ0n) is 15.0. The molecule has 9 heteroatoms. The summed E-state index contributed by atoms with van der Waals surface area (Å²) in [5.74, 6) is 0.559. The second-order valence-corrected chi connectivity index (χ2v) is 6.05. The first-order valence-electron chi connectivity index (χ1n) is 8.34. The molecular weight excluding hydrogens is 346 g/mol. The normalized spacial score (nSPS) is 15.0. The largest absolute Gasteiger partial charge is 0.489 e. The molecule has 0 unspecified atom stereocenters. The summed E-state index contributed by atoms with van der Waals surface area (Å²) in [5, 5.41) is 23.0. The number of nitrogens with zero attached hydrogens (tertiary/aromatic N) is 4. The number of nitrogens with two attached hydrogens (primary N) is 2. The van der Waals surface area contributed by atoms with Gasteiger partial charge in [0, 0.05) is 17.7 Å². The molecule has 0 bridgehead atoms. The predicted molar refractivity (Wildman–Crippen MR) is 104 cm³/mol. The summed E-state index contributed by atoms with van der Waals surface area (Å²) in [7, 11) is 1.94. The lowest BCUT2D eigenvalue weighted by Crippen LogP contribution is -2.30. The summed E-state index contributed by atoms with van der Waals surface area (Å²) >= 11 is 0. The number of hydrogen-bond donors (Lipinski definition) is 4. The number of rotatable bonds is 6. The van der Waals surface area contributed by atoms with E-state index in [1.807, 2.05) is 36.1 Å². The van der Waals surface area contributed by atoms with Crippen molar-refractivity contribution in [1.82, 2.24) is 5.01 Å². The third-order valence-electron chi connectivity index (χ3n) is 3.90. The predicted octanol–water partition coefficient (Wildman–Crippen LogP) is 0.598. The number of aromatic nitrogens is 1. The molecule has 1 aliphatic rings. The number of nitrogen functional groups attached to an aromatic ring is 2. The fraction of sp³-hybridized carbons (Fsp3) is 0.222. The van der Waals surface area contributed by atoms with Crippen molar-refractivity contribution >= 4 is 34.8 Å². The van der Waals surface area contributed by atoms with Gasteiger partial charge in [-0.2, -0.15) is 5.10 Å². The van der Waals surface area contributed by atoms with Gasteiger partial charge in [-0.3, -0.25) is 5.41 Å². The summed E-state index contributed by atoms with van der Waals surface area (Å²) in [5.41, 5.74) is 14.4. The van der Waals surface area contributed by atoms with Crippen LogP contribution in [0.15, 0.2) is 46.8 Å². The zero-order chi connectivity index (χ0) is 19.4. The molecule has 0 amide bonds. The van der Waals surface area contributed by atoms with Crippen molar-refractivity contribution in [1.29, 1.82) is 5.41 Å². The van der Waals surface area contributed by atoms with Crippen molar-refractivity contribution in [3.8, 4) is 5.75 Å². The van der Waals surface area contributed by atoms with Crippen molar-refractivity contribution in [2.24, 2.45) is 17.1 Å². The lowest BCUT2D eigenvalue weighted by Gasteiger charge is -2.13. The third-order valence-corrected chi connectivity index (χ3v) is 3.90. The Kier molecular flexibility index (Phi) is 5.32. The Morgan fingerprint density at radius 3 is 2.89 bits per heavy atom. The Morgan fingerprint density at radius 1 is 1.33 bits per heavy atom. The minimum absolute atomic E-state index is 0.115. The molecule has 0 atom stereocenters. The standard InChI is InChI=1S/C18H22N7O2/c1-24-4-2-3-12(10-24)11-25-18(21)16(9-22-25)23-15-8-17(27-6-5-26)14(20)7-13(15)19/h2-4,7-10,21,26H,5-6,11,19-20H2,1H3/q+1. The number of aliphatic imine (C=N–C) groups is 1. The fourth-order valence-electron chi connectivity index (χ4n) is 2.60. The summed E-state index contributed by atoms with van der Waals surface area (Å²) in [6.07, 6.45) is 5.44. The van der Waals surface area contributed by atoms with Crippen LogP contribution in [0, 0.1) is 5.41 Å². The molecule has 27 heavy (non-hydrogen) atoms. The Hall–Kier alpha value is -3.46. The van der Waals surface area contributed by atoms with E-state index in [1.54, 1.807) is 17.1 Å². The first-order valence-corrected chi connectivity index (χ1v) is 8.34. The van der Waals surface area contributed by atoms with Crippen LogP contribution < -0.4 is 20.8 Å². The van der Waals surface area contributed by atoms with Gasteiger partial charge < -0.3 is 21.3 Å². The van der Waals surface area contributed by atoms with Crippen LogP contribution >= 0.6 is 0 Å². The molecule has 1 aromatic heterocycles. The van der Waals surface area contributed by atoms with Crippen LogP contribution in [0.3, 0.4) is 0 Å². The number of aryl methyl sites for hydroxylation is 1. The van der Waals surface area contributed by atoms with Gasteiger partial charge in [0.05, 0.1) is 36.4 Å². The number of aliphatic hydroxyl groups is 1. The van der Waals surface area contributed by atoms with E-state index in [4.69, 9.17) is 26.7 Å². The first kappa shape index (κ1) is 18.3. The summed E-state index contributed by atoms with van der Waals surface area (Å²) in [6.45, 7) is 0.450. The molecule has 0 fully saturated rings. The van der Waals surface area contributed by atoms with Crippen LogP contribution in [0.25, 0.3) is 0 Å². The maximum absolute atomic E-state index is 8.90. The van der Waals surface area contributed by atoms with Gasteiger partial charge in [-0.1, -0.05) is 0 Å². The molecule has 0 saturated heterocycles. The average molecular weight is 368 g/mol. The lowest BCUT2D eigenvalue weighted by atomic mass is 10.2. The van der Waals surface area contributed by atoms with E-state index in [0.717, 1.165) is 5.56 Å². The van der Waals surface area contributed by atoms with Crippen LogP contribution in [-0.2, 0) is 13.6 Å². The highest BCUT2D eigenvalue weighted by molar-refractivity contribution is 6.63. The van der Waals surface area contributed by atoms with Gasteiger partial charge in [0.25, 0.3) is 0 Å². The van der Waals surface area contributed by atoms with Gasteiger partial charge in [-0.15, -0.1) is 0 Å². The Balaban J connectivity index is 1.80. The molecule has 140 valence electrons. The smallest absolute Gasteiger partial charge is 0.173 e. The van der Waals surface area contributed by atoms with Crippen molar-refractivity contribution in [2.45, 2.75) is 6.54 Å². The molecule has 1 aliphatic heterocycles. The lowest BCUT2D eigenvalue weighted by molar-refractivity contribution is -0.672. The zero-order valence-corrected chi connectivity index (χ0v) is 15.0. The van der Waals surface area contributed by atoms with Crippen molar-refractivity contribution in [3.63, 3.8) is 0 Å². The van der Waals surface area contributed by atoms with Gasteiger partial charge in [-0.05, 0) is 12.1 Å². The second kappa shape index (κ2) is 7.83.